The second-order valence-electron chi connectivity index (χ2n) is 6.40. The predicted molar refractivity (Wildman–Crippen MR) is 83.4 cm³/mol. The number of piperidine rings is 1. The smallest absolute Gasteiger partial charge is 0.254 e. The van der Waals surface area contributed by atoms with Crippen LogP contribution in [0.3, 0.4) is 0 Å². The number of aliphatic hydroxyl groups is 1. The number of nitrogens with zero attached hydrogens (tertiary/aromatic N) is 1. The molecular formula is C17H24N2O2. The van der Waals surface area contributed by atoms with Crippen LogP contribution in [0.15, 0.2) is 24.3 Å². The third kappa shape index (κ3) is 3.56. The van der Waals surface area contributed by atoms with Crippen molar-refractivity contribution in [1.82, 2.24) is 4.90 Å². The maximum absolute atomic E-state index is 12.5. The van der Waals surface area contributed by atoms with E-state index in [2.05, 4.69) is 12.2 Å². The molecule has 3 rings (SSSR count). The summed E-state index contributed by atoms with van der Waals surface area (Å²) in [6.45, 7) is 3.40. The standard InChI is InChI=1S/C17H24N2O2/c1-12(13-7-8-13)18-15-5-2-4-14(10-15)17(21)19-9-3-6-16(20)11-19/h2,4-5,10,12-13,16,18,20H,3,6-9,11H2,1H3. The molecule has 2 atom stereocenters. The number of carbonyl (C=O) groups is 1. The van der Waals surface area contributed by atoms with Crippen LogP contribution in [0.5, 0.6) is 0 Å². The van der Waals surface area contributed by atoms with E-state index in [1.807, 2.05) is 24.3 Å². The summed E-state index contributed by atoms with van der Waals surface area (Å²) in [6, 6.07) is 8.20. The molecule has 0 radical (unpaired) electrons. The molecule has 1 saturated carbocycles. The molecule has 114 valence electrons. The lowest BCUT2D eigenvalue weighted by atomic mass is 10.1. The van der Waals surface area contributed by atoms with Crippen molar-refractivity contribution >= 4 is 11.6 Å². The quantitative estimate of drug-likeness (QED) is 0.895. The molecule has 2 unspecified atom stereocenters. The van der Waals surface area contributed by atoms with Crippen LogP contribution in [-0.2, 0) is 0 Å². The molecule has 4 nitrogen and oxygen atoms in total. The Bertz CT molecular complexity index is 513. The van der Waals surface area contributed by atoms with Gasteiger partial charge in [-0.1, -0.05) is 6.07 Å². The molecule has 2 N–H and O–H groups in total. The van der Waals surface area contributed by atoms with Gasteiger partial charge in [-0.3, -0.25) is 4.79 Å². The molecule has 1 aliphatic heterocycles. The van der Waals surface area contributed by atoms with Gasteiger partial charge in [-0.2, -0.15) is 0 Å². The molecule has 2 aliphatic rings. The number of hydrogen-bond donors (Lipinski definition) is 2. The molecule has 0 spiro atoms. The molecule has 1 saturated heterocycles. The van der Waals surface area contributed by atoms with Crippen molar-refractivity contribution in [3.05, 3.63) is 29.8 Å². The molecule has 2 fully saturated rings. The van der Waals surface area contributed by atoms with Crippen LogP contribution >= 0.6 is 0 Å². The Hall–Kier alpha value is -1.55. The number of hydrogen-bond acceptors (Lipinski definition) is 3. The van der Waals surface area contributed by atoms with E-state index in [1.54, 1.807) is 4.90 Å². The van der Waals surface area contributed by atoms with E-state index >= 15 is 0 Å². The number of likely N-dealkylation sites (tertiary alicyclic amines) is 1. The van der Waals surface area contributed by atoms with E-state index in [0.717, 1.165) is 31.0 Å². The van der Waals surface area contributed by atoms with Gasteiger partial charge in [0.15, 0.2) is 0 Å². The normalized spacial score (nSPS) is 23.7. The first-order valence-electron chi connectivity index (χ1n) is 7.97. The average molecular weight is 288 g/mol. The first kappa shape index (κ1) is 14.4. The highest BCUT2D eigenvalue weighted by molar-refractivity contribution is 5.95. The van der Waals surface area contributed by atoms with E-state index in [0.29, 0.717) is 18.2 Å². The number of nitrogens with one attached hydrogen (secondary N) is 1. The lowest BCUT2D eigenvalue weighted by Gasteiger charge is -2.30. The minimum absolute atomic E-state index is 0.0245. The Labute approximate surface area is 126 Å². The van der Waals surface area contributed by atoms with Crippen LogP contribution in [0.25, 0.3) is 0 Å². The molecule has 1 heterocycles. The van der Waals surface area contributed by atoms with Crippen LogP contribution in [0, 0.1) is 5.92 Å². The van der Waals surface area contributed by atoms with Gasteiger partial charge in [-0.05, 0) is 56.7 Å². The van der Waals surface area contributed by atoms with Crippen molar-refractivity contribution in [1.29, 1.82) is 0 Å². The van der Waals surface area contributed by atoms with Crippen molar-refractivity contribution in [2.24, 2.45) is 5.92 Å². The van der Waals surface area contributed by atoms with Gasteiger partial charge in [-0.25, -0.2) is 0 Å². The van der Waals surface area contributed by atoms with Gasteiger partial charge in [0.05, 0.1) is 6.10 Å². The minimum atomic E-state index is -0.376. The summed E-state index contributed by atoms with van der Waals surface area (Å²) < 4.78 is 0. The highest BCUT2D eigenvalue weighted by Gasteiger charge is 2.28. The molecule has 0 aromatic heterocycles. The van der Waals surface area contributed by atoms with Crippen LogP contribution in [0.1, 0.15) is 43.0 Å². The summed E-state index contributed by atoms with van der Waals surface area (Å²) in [7, 11) is 0. The number of rotatable bonds is 4. The van der Waals surface area contributed by atoms with Crippen molar-refractivity contribution in [3.8, 4) is 0 Å². The predicted octanol–water partition coefficient (Wildman–Crippen LogP) is 2.49. The largest absolute Gasteiger partial charge is 0.391 e. The highest BCUT2D eigenvalue weighted by Crippen LogP contribution is 2.34. The Balaban J connectivity index is 1.68. The second-order valence-corrected chi connectivity index (χ2v) is 6.40. The summed E-state index contributed by atoms with van der Waals surface area (Å²) >= 11 is 0. The van der Waals surface area contributed by atoms with Gasteiger partial charge in [-0.15, -0.1) is 0 Å². The average Bonchev–Trinajstić information content (AvgIpc) is 3.31. The fourth-order valence-electron chi connectivity index (χ4n) is 3.04. The molecule has 1 aromatic carbocycles. The van der Waals surface area contributed by atoms with Crippen molar-refractivity contribution < 1.29 is 9.90 Å². The van der Waals surface area contributed by atoms with Gasteiger partial charge in [0.2, 0.25) is 0 Å². The summed E-state index contributed by atoms with van der Waals surface area (Å²) in [5.41, 5.74) is 1.72. The van der Waals surface area contributed by atoms with Gasteiger partial charge in [0, 0.05) is 30.4 Å². The molecule has 4 heteroatoms. The maximum Gasteiger partial charge on any atom is 0.254 e. The van der Waals surface area contributed by atoms with Gasteiger partial charge in [0.1, 0.15) is 0 Å². The first-order chi connectivity index (χ1) is 10.1. The lowest BCUT2D eigenvalue weighted by Crippen LogP contribution is -2.42. The van der Waals surface area contributed by atoms with Gasteiger partial charge >= 0.3 is 0 Å². The number of β-amino-alcohol motifs (C(OH)–C–C–N with tert-alkyl or cyclic N) is 1. The highest BCUT2D eigenvalue weighted by atomic mass is 16.3. The molecule has 21 heavy (non-hydrogen) atoms. The van der Waals surface area contributed by atoms with E-state index in [4.69, 9.17) is 0 Å². The summed E-state index contributed by atoms with van der Waals surface area (Å²) in [5, 5.41) is 13.2. The lowest BCUT2D eigenvalue weighted by molar-refractivity contribution is 0.0474. The summed E-state index contributed by atoms with van der Waals surface area (Å²) in [6.07, 6.45) is 3.91. The SMILES string of the molecule is CC(Nc1cccc(C(=O)N2CCCC(O)C2)c1)C1CC1. The zero-order valence-corrected chi connectivity index (χ0v) is 12.6. The third-order valence-corrected chi connectivity index (χ3v) is 4.52. The Morgan fingerprint density at radius 1 is 1.38 bits per heavy atom. The number of benzene rings is 1. The van der Waals surface area contributed by atoms with Gasteiger partial charge in [0.25, 0.3) is 5.91 Å². The number of carbonyl (C=O) groups excluding carboxylic acids is 1. The molecule has 0 bridgehead atoms. The number of aliphatic hydroxyl groups excluding tert-OH is 1. The van der Waals surface area contributed by atoms with E-state index in [-0.39, 0.29) is 12.0 Å². The zero-order chi connectivity index (χ0) is 14.8. The van der Waals surface area contributed by atoms with Crippen molar-refractivity contribution in [2.75, 3.05) is 18.4 Å². The van der Waals surface area contributed by atoms with Crippen LogP contribution < -0.4 is 5.32 Å². The Kier molecular flexibility index (Phi) is 4.15. The second kappa shape index (κ2) is 6.06. The maximum atomic E-state index is 12.5. The van der Waals surface area contributed by atoms with E-state index in [9.17, 15) is 9.90 Å². The van der Waals surface area contributed by atoms with Gasteiger partial charge < -0.3 is 15.3 Å². The van der Waals surface area contributed by atoms with Crippen LogP contribution in [0.4, 0.5) is 5.69 Å². The fourth-order valence-corrected chi connectivity index (χ4v) is 3.04. The van der Waals surface area contributed by atoms with Crippen LogP contribution in [-0.4, -0.2) is 41.1 Å². The van der Waals surface area contributed by atoms with E-state index in [1.165, 1.54) is 12.8 Å². The van der Waals surface area contributed by atoms with Crippen LogP contribution in [0.2, 0.25) is 0 Å². The summed E-state index contributed by atoms with van der Waals surface area (Å²) in [4.78, 5) is 14.3. The zero-order valence-electron chi connectivity index (χ0n) is 12.6. The number of anilines is 1. The monoisotopic (exact) mass is 288 g/mol. The molecule has 1 aliphatic carbocycles. The third-order valence-electron chi connectivity index (χ3n) is 4.52. The van der Waals surface area contributed by atoms with Crippen molar-refractivity contribution in [3.63, 3.8) is 0 Å². The molecule has 1 amide bonds. The first-order valence-corrected chi connectivity index (χ1v) is 7.97. The topological polar surface area (TPSA) is 52.6 Å². The summed E-state index contributed by atoms with van der Waals surface area (Å²) in [5.74, 6) is 0.804. The van der Waals surface area contributed by atoms with Crippen molar-refractivity contribution in [2.45, 2.75) is 44.8 Å². The molecule has 1 aromatic rings. The Morgan fingerprint density at radius 2 is 2.19 bits per heavy atom. The molecular weight excluding hydrogens is 264 g/mol. The Morgan fingerprint density at radius 3 is 2.90 bits per heavy atom. The van der Waals surface area contributed by atoms with E-state index < -0.39 is 0 Å². The number of amides is 1. The fraction of sp³-hybridized carbons (Fsp3) is 0.588. The minimum Gasteiger partial charge on any atom is -0.391 e.